The SMILES string of the molecule is Cc1cncc(-c2ccc(CN3CCN(CCN=[N+]=[N-])CC3)cc2)c1. The summed E-state index contributed by atoms with van der Waals surface area (Å²) in [6.45, 7) is 8.65. The van der Waals surface area contributed by atoms with Crippen LogP contribution in [0.15, 0.2) is 47.8 Å². The van der Waals surface area contributed by atoms with E-state index >= 15 is 0 Å². The van der Waals surface area contributed by atoms with Gasteiger partial charge in [0.05, 0.1) is 0 Å². The van der Waals surface area contributed by atoms with Crippen LogP contribution in [-0.4, -0.2) is 54.1 Å². The van der Waals surface area contributed by atoms with Crippen LogP contribution in [0, 0.1) is 6.92 Å². The first-order valence-corrected chi connectivity index (χ1v) is 8.71. The number of azide groups is 1. The first-order chi connectivity index (χ1) is 12.2. The van der Waals surface area contributed by atoms with Crippen LogP contribution in [0.3, 0.4) is 0 Å². The number of aryl methyl sites for hydroxylation is 1. The van der Waals surface area contributed by atoms with E-state index in [1.54, 1.807) is 0 Å². The van der Waals surface area contributed by atoms with Crippen molar-refractivity contribution in [2.45, 2.75) is 13.5 Å². The second-order valence-corrected chi connectivity index (χ2v) is 6.52. The molecule has 0 amide bonds. The van der Waals surface area contributed by atoms with Gasteiger partial charge in [-0.15, -0.1) is 0 Å². The molecule has 3 rings (SSSR count). The molecule has 2 aromatic rings. The molecule has 1 fully saturated rings. The predicted molar refractivity (Wildman–Crippen MR) is 100 cm³/mol. The predicted octanol–water partition coefficient (Wildman–Crippen LogP) is 3.48. The summed E-state index contributed by atoms with van der Waals surface area (Å²) in [6, 6.07) is 11.0. The highest BCUT2D eigenvalue weighted by molar-refractivity contribution is 5.63. The smallest absolute Gasteiger partial charge is 0.0385 e. The fourth-order valence-corrected chi connectivity index (χ4v) is 3.18. The zero-order valence-electron chi connectivity index (χ0n) is 14.7. The molecule has 1 aromatic carbocycles. The lowest BCUT2D eigenvalue weighted by atomic mass is 10.0. The summed E-state index contributed by atoms with van der Waals surface area (Å²) >= 11 is 0. The van der Waals surface area contributed by atoms with Crippen LogP contribution in [0.4, 0.5) is 0 Å². The molecular weight excluding hydrogens is 312 g/mol. The van der Waals surface area contributed by atoms with E-state index in [4.69, 9.17) is 5.53 Å². The van der Waals surface area contributed by atoms with Gasteiger partial charge in [-0.3, -0.25) is 9.88 Å². The molecule has 0 radical (unpaired) electrons. The van der Waals surface area contributed by atoms with Crippen LogP contribution >= 0.6 is 0 Å². The number of benzene rings is 1. The first-order valence-electron chi connectivity index (χ1n) is 8.71. The Morgan fingerprint density at radius 3 is 2.44 bits per heavy atom. The maximum Gasteiger partial charge on any atom is 0.0385 e. The Morgan fingerprint density at radius 1 is 1.04 bits per heavy atom. The average Bonchev–Trinajstić information content (AvgIpc) is 2.64. The second-order valence-electron chi connectivity index (χ2n) is 6.52. The van der Waals surface area contributed by atoms with Crippen LogP contribution in [0.2, 0.25) is 0 Å². The number of hydrogen-bond donors (Lipinski definition) is 0. The summed E-state index contributed by atoms with van der Waals surface area (Å²) in [5.74, 6) is 0. The lowest BCUT2D eigenvalue weighted by Gasteiger charge is -2.34. The molecule has 1 aliphatic rings. The molecule has 2 heterocycles. The van der Waals surface area contributed by atoms with Crippen LogP contribution in [0.25, 0.3) is 21.6 Å². The molecule has 1 aliphatic heterocycles. The highest BCUT2D eigenvalue weighted by Gasteiger charge is 2.16. The first kappa shape index (κ1) is 17.4. The van der Waals surface area contributed by atoms with Crippen LogP contribution in [0.5, 0.6) is 0 Å². The van der Waals surface area contributed by atoms with Crippen molar-refractivity contribution in [1.82, 2.24) is 14.8 Å². The minimum Gasteiger partial charge on any atom is -0.301 e. The van der Waals surface area contributed by atoms with Gasteiger partial charge in [0.25, 0.3) is 0 Å². The monoisotopic (exact) mass is 336 g/mol. The van der Waals surface area contributed by atoms with Gasteiger partial charge in [0, 0.05) is 68.7 Å². The normalized spacial score (nSPS) is 15.7. The molecule has 1 aromatic heterocycles. The summed E-state index contributed by atoms with van der Waals surface area (Å²) in [4.78, 5) is 11.9. The molecule has 6 nitrogen and oxygen atoms in total. The zero-order chi connectivity index (χ0) is 17.5. The second kappa shape index (κ2) is 8.62. The number of aromatic nitrogens is 1. The maximum absolute atomic E-state index is 8.34. The van der Waals surface area contributed by atoms with Crippen molar-refractivity contribution in [2.75, 3.05) is 39.3 Å². The highest BCUT2D eigenvalue weighted by atomic mass is 15.3. The van der Waals surface area contributed by atoms with E-state index in [-0.39, 0.29) is 0 Å². The number of rotatable bonds is 6. The van der Waals surface area contributed by atoms with Crippen LogP contribution < -0.4 is 0 Å². The van der Waals surface area contributed by atoms with Gasteiger partial charge in [-0.05, 0) is 35.2 Å². The van der Waals surface area contributed by atoms with Gasteiger partial charge in [0.1, 0.15) is 0 Å². The number of nitrogens with zero attached hydrogens (tertiary/aromatic N) is 6. The molecule has 0 N–H and O–H groups in total. The number of piperazine rings is 1. The summed E-state index contributed by atoms with van der Waals surface area (Å²) in [5.41, 5.74) is 13.2. The number of pyridine rings is 1. The number of hydrogen-bond acceptors (Lipinski definition) is 4. The van der Waals surface area contributed by atoms with E-state index in [2.05, 4.69) is 62.1 Å². The molecule has 0 spiro atoms. The fourth-order valence-electron chi connectivity index (χ4n) is 3.18. The molecule has 0 aliphatic carbocycles. The van der Waals surface area contributed by atoms with E-state index in [1.165, 1.54) is 22.3 Å². The van der Waals surface area contributed by atoms with Gasteiger partial charge >= 0.3 is 0 Å². The summed E-state index contributed by atoms with van der Waals surface area (Å²) in [5, 5.41) is 3.61. The van der Waals surface area contributed by atoms with Gasteiger partial charge in [0.2, 0.25) is 0 Å². The Morgan fingerprint density at radius 2 is 1.76 bits per heavy atom. The lowest BCUT2D eigenvalue weighted by molar-refractivity contribution is 0.130. The summed E-state index contributed by atoms with van der Waals surface area (Å²) < 4.78 is 0. The van der Waals surface area contributed by atoms with Crippen LogP contribution in [-0.2, 0) is 6.54 Å². The molecule has 1 saturated heterocycles. The maximum atomic E-state index is 8.34. The van der Waals surface area contributed by atoms with Gasteiger partial charge in [0.15, 0.2) is 0 Å². The Hall–Kier alpha value is -2.40. The standard InChI is InChI=1S/C19H24N6/c1-16-12-19(14-21-13-16)18-4-2-17(3-5-18)15-25-10-8-24(9-11-25)7-6-22-23-20/h2-5,12-14H,6-11,15H2,1H3. The molecule has 25 heavy (non-hydrogen) atoms. The average molecular weight is 336 g/mol. The van der Waals surface area contributed by atoms with Gasteiger partial charge in [-0.1, -0.05) is 29.4 Å². The summed E-state index contributed by atoms with van der Waals surface area (Å²) in [6.07, 6.45) is 3.79. The van der Waals surface area contributed by atoms with Gasteiger partial charge in [-0.25, -0.2) is 0 Å². The van der Waals surface area contributed by atoms with Crippen molar-refractivity contribution >= 4 is 0 Å². The lowest BCUT2D eigenvalue weighted by Crippen LogP contribution is -2.46. The van der Waals surface area contributed by atoms with E-state index < -0.39 is 0 Å². The minimum absolute atomic E-state index is 0.561. The molecular formula is C19H24N6. The van der Waals surface area contributed by atoms with E-state index in [0.717, 1.165) is 39.3 Å². The Kier molecular flexibility index (Phi) is 6.01. The van der Waals surface area contributed by atoms with Crippen molar-refractivity contribution < 1.29 is 0 Å². The van der Waals surface area contributed by atoms with Crippen molar-refractivity contribution in [3.63, 3.8) is 0 Å². The topological polar surface area (TPSA) is 68.1 Å². The van der Waals surface area contributed by atoms with E-state index in [9.17, 15) is 0 Å². The quantitative estimate of drug-likeness (QED) is 0.461. The van der Waals surface area contributed by atoms with E-state index in [0.29, 0.717) is 6.54 Å². The minimum atomic E-state index is 0.561. The summed E-state index contributed by atoms with van der Waals surface area (Å²) in [7, 11) is 0. The molecule has 130 valence electrons. The third-order valence-corrected chi connectivity index (χ3v) is 4.61. The third kappa shape index (κ3) is 5.03. The Labute approximate surface area is 148 Å². The molecule has 0 saturated carbocycles. The zero-order valence-corrected chi connectivity index (χ0v) is 14.7. The van der Waals surface area contributed by atoms with E-state index in [1.807, 2.05) is 12.4 Å². The molecule has 6 heteroatoms. The van der Waals surface area contributed by atoms with Crippen molar-refractivity contribution in [1.29, 1.82) is 0 Å². The van der Waals surface area contributed by atoms with Gasteiger partial charge < -0.3 is 4.90 Å². The highest BCUT2D eigenvalue weighted by Crippen LogP contribution is 2.20. The molecule has 0 unspecified atom stereocenters. The largest absolute Gasteiger partial charge is 0.301 e. The van der Waals surface area contributed by atoms with Crippen LogP contribution in [0.1, 0.15) is 11.1 Å². The van der Waals surface area contributed by atoms with Crippen molar-refractivity contribution in [3.8, 4) is 11.1 Å². The van der Waals surface area contributed by atoms with Crippen molar-refractivity contribution in [3.05, 3.63) is 64.3 Å². The Bertz CT molecular complexity index is 728. The fraction of sp³-hybridized carbons (Fsp3) is 0.421. The van der Waals surface area contributed by atoms with Crippen molar-refractivity contribution in [2.24, 2.45) is 5.11 Å². The Balaban J connectivity index is 1.52. The molecule has 0 atom stereocenters. The third-order valence-electron chi connectivity index (χ3n) is 4.61. The molecule has 0 bridgehead atoms. The van der Waals surface area contributed by atoms with Gasteiger partial charge in [-0.2, -0.15) is 0 Å².